The van der Waals surface area contributed by atoms with Gasteiger partial charge < -0.3 is 0 Å². The number of halogens is 2. The molecule has 0 aliphatic carbocycles. The number of thiophene rings is 2. The predicted molar refractivity (Wildman–Crippen MR) is 106 cm³/mol. The van der Waals surface area contributed by atoms with Gasteiger partial charge in [-0.2, -0.15) is 0 Å². The molecular weight excluding hydrogens is 496 g/mol. The van der Waals surface area contributed by atoms with Gasteiger partial charge in [0.05, 0.1) is 17.3 Å². The van der Waals surface area contributed by atoms with E-state index in [0.29, 0.717) is 0 Å². The summed E-state index contributed by atoms with van der Waals surface area (Å²) in [6.45, 7) is 0. The molecule has 0 saturated heterocycles. The zero-order chi connectivity index (χ0) is 13.7. The second-order valence-electron chi connectivity index (χ2n) is 4.12. The number of fused-ring (bicyclic) bond motifs is 2. The zero-order valence-corrected chi connectivity index (χ0v) is 18.1. The molecule has 0 nitrogen and oxygen atoms in total. The van der Waals surface area contributed by atoms with Crippen molar-refractivity contribution in [1.29, 1.82) is 0 Å². The van der Waals surface area contributed by atoms with E-state index in [1.54, 1.807) is 0 Å². The van der Waals surface area contributed by atoms with E-state index in [1.807, 2.05) is 69.7 Å². The highest BCUT2D eigenvalue weighted by atomic mass is 79.9. The predicted octanol–water partition coefficient (Wildman–Crippen LogP) is 7.40. The van der Waals surface area contributed by atoms with E-state index in [0.717, 1.165) is 0 Å². The third kappa shape index (κ3) is 2.60. The van der Waals surface area contributed by atoms with Crippen molar-refractivity contribution in [3.8, 4) is 9.75 Å². The fourth-order valence-corrected chi connectivity index (χ4v) is 12.3. The number of thioether (sulfide) groups is 4. The molecule has 2 aromatic rings. The first-order valence-electron chi connectivity index (χ1n) is 5.92. The van der Waals surface area contributed by atoms with Crippen LogP contribution in [0.2, 0.25) is 0 Å². The molecule has 4 rings (SSSR count). The Labute approximate surface area is 159 Å². The number of hydrogen-bond donors (Lipinski definition) is 0. The van der Waals surface area contributed by atoms with Crippen LogP contribution >= 0.6 is 102 Å². The molecule has 20 heavy (non-hydrogen) atoms. The molecule has 106 valence electrons. The Morgan fingerprint density at radius 1 is 0.550 bits per heavy atom. The van der Waals surface area contributed by atoms with Crippen LogP contribution in [0.5, 0.6) is 0 Å². The lowest BCUT2D eigenvalue weighted by Crippen LogP contribution is -1.93. The van der Waals surface area contributed by atoms with Gasteiger partial charge in [-0.1, -0.05) is 0 Å². The van der Waals surface area contributed by atoms with Crippen molar-refractivity contribution < 1.29 is 0 Å². The molecule has 2 aliphatic heterocycles. The monoisotopic (exact) mass is 502 g/mol. The van der Waals surface area contributed by atoms with E-state index >= 15 is 0 Å². The molecule has 0 unspecified atom stereocenters. The van der Waals surface area contributed by atoms with Crippen LogP contribution in [-0.2, 0) is 0 Å². The highest BCUT2D eigenvalue weighted by molar-refractivity contribution is 9.11. The minimum absolute atomic E-state index is 1.23. The lowest BCUT2D eigenvalue weighted by Gasteiger charge is -2.14. The van der Waals surface area contributed by atoms with Gasteiger partial charge in [-0.15, -0.1) is 69.7 Å². The topological polar surface area (TPSA) is 0 Å². The van der Waals surface area contributed by atoms with Gasteiger partial charge >= 0.3 is 0 Å². The Morgan fingerprint density at radius 3 is 1.30 bits per heavy atom. The van der Waals surface area contributed by atoms with Crippen LogP contribution in [0.15, 0.2) is 27.2 Å². The fourth-order valence-electron chi connectivity index (χ4n) is 2.13. The van der Waals surface area contributed by atoms with Gasteiger partial charge in [0, 0.05) is 42.6 Å². The van der Waals surface area contributed by atoms with E-state index in [-0.39, 0.29) is 0 Å². The van der Waals surface area contributed by atoms with Crippen molar-refractivity contribution in [2.45, 2.75) is 19.6 Å². The summed E-state index contributed by atoms with van der Waals surface area (Å²) in [4.78, 5) is 8.90. The first-order chi connectivity index (χ1) is 9.75. The maximum absolute atomic E-state index is 3.77. The number of hydrogen-bond acceptors (Lipinski definition) is 6. The summed E-state index contributed by atoms with van der Waals surface area (Å²) in [7, 11) is 0. The molecule has 4 heterocycles. The summed E-state index contributed by atoms with van der Waals surface area (Å²) in [5.74, 6) is 4.90. The Morgan fingerprint density at radius 2 is 0.900 bits per heavy atom. The van der Waals surface area contributed by atoms with Crippen LogP contribution < -0.4 is 0 Å². The lowest BCUT2D eigenvalue weighted by molar-refractivity contribution is 1.24. The van der Waals surface area contributed by atoms with Crippen LogP contribution in [-0.4, -0.2) is 23.0 Å². The summed E-state index contributed by atoms with van der Waals surface area (Å²) in [5.41, 5.74) is 0. The molecule has 2 aliphatic rings. The van der Waals surface area contributed by atoms with Gasteiger partial charge in [-0.05, 0) is 31.9 Å². The molecule has 0 radical (unpaired) electrons. The van der Waals surface area contributed by atoms with E-state index < -0.39 is 0 Å². The van der Waals surface area contributed by atoms with Crippen LogP contribution in [0.25, 0.3) is 9.75 Å². The van der Waals surface area contributed by atoms with Crippen molar-refractivity contribution in [2.24, 2.45) is 0 Å². The molecule has 0 aromatic carbocycles. The Balaban J connectivity index is 1.90. The molecule has 2 aromatic heterocycles. The molecule has 0 saturated carbocycles. The largest absolute Gasteiger partial charge is 0.125 e. The smallest absolute Gasteiger partial charge is 0.0852 e. The van der Waals surface area contributed by atoms with Crippen molar-refractivity contribution in [3.63, 3.8) is 0 Å². The first kappa shape index (κ1) is 15.3. The minimum Gasteiger partial charge on any atom is -0.125 e. The maximum atomic E-state index is 3.77. The van der Waals surface area contributed by atoms with Gasteiger partial charge in [-0.25, -0.2) is 0 Å². The van der Waals surface area contributed by atoms with Crippen molar-refractivity contribution >= 4 is 102 Å². The first-order valence-corrected chi connectivity index (χ1v) is 13.1. The fraction of sp³-hybridized carbons (Fsp3) is 0.333. The van der Waals surface area contributed by atoms with E-state index in [2.05, 4.69) is 31.9 Å². The van der Waals surface area contributed by atoms with Crippen LogP contribution in [0.1, 0.15) is 0 Å². The van der Waals surface area contributed by atoms with Crippen LogP contribution in [0.4, 0.5) is 0 Å². The summed E-state index contributed by atoms with van der Waals surface area (Å²) < 4.78 is 2.62. The lowest BCUT2D eigenvalue weighted by atomic mass is 10.4. The summed E-state index contributed by atoms with van der Waals surface area (Å²) >= 11 is 19.4. The normalized spacial score (nSPS) is 17.9. The van der Waals surface area contributed by atoms with Gasteiger partial charge in [0.2, 0.25) is 0 Å². The molecule has 0 bridgehead atoms. The summed E-state index contributed by atoms with van der Waals surface area (Å²) in [6, 6.07) is 0. The third-order valence-corrected chi connectivity index (χ3v) is 13.0. The Kier molecular flexibility index (Phi) is 4.85. The van der Waals surface area contributed by atoms with E-state index in [4.69, 9.17) is 0 Å². The van der Waals surface area contributed by atoms with Gasteiger partial charge in [-0.3, -0.25) is 0 Å². The van der Waals surface area contributed by atoms with Crippen molar-refractivity contribution in [3.05, 3.63) is 7.57 Å². The number of rotatable bonds is 1. The Bertz CT molecular complexity index is 616. The van der Waals surface area contributed by atoms with Gasteiger partial charge in [0.25, 0.3) is 0 Å². The zero-order valence-electron chi connectivity index (χ0n) is 10.0. The second-order valence-corrected chi connectivity index (χ2v) is 13.2. The second kappa shape index (κ2) is 6.34. The van der Waals surface area contributed by atoms with Gasteiger partial charge in [0.15, 0.2) is 0 Å². The van der Waals surface area contributed by atoms with Crippen LogP contribution in [0, 0.1) is 0 Å². The Hall–Kier alpha value is 1.76. The van der Waals surface area contributed by atoms with Gasteiger partial charge in [0.1, 0.15) is 0 Å². The standard InChI is InChI=1S/C12H8Br2S6/c13-11-9-5(15-1-3-17-9)7(19-11)8-6-10(12(14)20-8)18-4-2-16-6/h1-4H2. The van der Waals surface area contributed by atoms with E-state index in [9.17, 15) is 0 Å². The van der Waals surface area contributed by atoms with E-state index in [1.165, 1.54) is 59.9 Å². The minimum atomic E-state index is 1.23. The molecule has 0 spiro atoms. The average Bonchev–Trinajstić information content (AvgIpc) is 2.99. The highest BCUT2D eigenvalue weighted by Crippen LogP contribution is 2.58. The average molecular weight is 504 g/mol. The molecule has 8 heteroatoms. The molecule has 0 atom stereocenters. The third-order valence-electron chi connectivity index (χ3n) is 2.92. The molecule has 0 N–H and O–H groups in total. The molecular formula is C12H8Br2S6. The SMILES string of the molecule is Brc1sc(-c2sc(Br)c3c2SCCS3)c2c1SCCS2. The maximum Gasteiger partial charge on any atom is 0.0852 e. The van der Waals surface area contributed by atoms with Crippen LogP contribution in [0.3, 0.4) is 0 Å². The molecule has 0 fully saturated rings. The highest BCUT2D eigenvalue weighted by Gasteiger charge is 2.28. The van der Waals surface area contributed by atoms with Crippen molar-refractivity contribution in [1.82, 2.24) is 0 Å². The molecule has 0 amide bonds. The quantitative estimate of drug-likeness (QED) is 0.397. The van der Waals surface area contributed by atoms with Crippen molar-refractivity contribution in [2.75, 3.05) is 23.0 Å². The summed E-state index contributed by atoms with van der Waals surface area (Å²) in [5, 5.41) is 0. The summed E-state index contributed by atoms with van der Waals surface area (Å²) in [6.07, 6.45) is 0.